The van der Waals surface area contributed by atoms with E-state index >= 15 is 0 Å². The quantitative estimate of drug-likeness (QED) is 0.328. The molecule has 0 fully saturated rings. The Kier molecular flexibility index (Phi) is 10.0. The van der Waals surface area contributed by atoms with Crippen LogP contribution in [0.3, 0.4) is 0 Å². The molecule has 0 atom stereocenters. The van der Waals surface area contributed by atoms with Crippen LogP contribution in [-0.2, 0) is 0 Å². The molecule has 0 aromatic rings. The van der Waals surface area contributed by atoms with Gasteiger partial charge in [-0.15, -0.1) is 0 Å². The first-order valence-electron chi connectivity index (χ1n) is 2.87. The molecule has 0 N–H and O–H groups in total. The summed E-state index contributed by atoms with van der Waals surface area (Å²) in [7, 11) is 0. The summed E-state index contributed by atoms with van der Waals surface area (Å²) in [5, 5.41) is 0. The van der Waals surface area contributed by atoms with E-state index in [-0.39, 0.29) is 17.0 Å². The van der Waals surface area contributed by atoms with Gasteiger partial charge in [0.1, 0.15) is 0 Å². The average Bonchev–Trinajstić information content (AvgIpc) is 1.87. The summed E-state index contributed by atoms with van der Waals surface area (Å²) in [5.41, 5.74) is 0. The standard InChI is InChI=1S/C7H10Cl2N.ClH/c1-3-5-10(6-4-2)7(8)9;/h3-4H,1-2,5-6H2;1H/q+1;/p-1. The van der Waals surface area contributed by atoms with Crippen molar-refractivity contribution >= 4 is 27.8 Å². The van der Waals surface area contributed by atoms with Crippen LogP contribution in [0.15, 0.2) is 25.3 Å². The second-order valence-corrected chi connectivity index (χ2v) is 2.63. The fraction of sp³-hybridized carbons (Fsp3) is 0.286. The van der Waals surface area contributed by atoms with E-state index in [2.05, 4.69) is 13.2 Å². The van der Waals surface area contributed by atoms with Gasteiger partial charge < -0.3 is 12.4 Å². The van der Waals surface area contributed by atoms with Crippen molar-refractivity contribution in [3.63, 3.8) is 0 Å². The zero-order valence-electron chi connectivity index (χ0n) is 6.06. The normalized spacial score (nSPS) is 7.82. The van der Waals surface area contributed by atoms with E-state index in [1.54, 1.807) is 16.7 Å². The van der Waals surface area contributed by atoms with Crippen LogP contribution in [-0.4, -0.2) is 22.3 Å². The molecule has 0 bridgehead atoms. The molecular formula is C7H10Cl3N. The maximum absolute atomic E-state index is 5.51. The van der Waals surface area contributed by atoms with Crippen molar-refractivity contribution in [3.8, 4) is 0 Å². The van der Waals surface area contributed by atoms with Gasteiger partial charge in [-0.05, 0) is 12.2 Å². The minimum atomic E-state index is 0. The van der Waals surface area contributed by atoms with E-state index in [1.165, 1.54) is 0 Å². The van der Waals surface area contributed by atoms with Crippen LogP contribution < -0.4 is 12.4 Å². The number of halogens is 3. The molecule has 0 aliphatic rings. The zero-order chi connectivity index (χ0) is 7.98. The van der Waals surface area contributed by atoms with Crippen molar-refractivity contribution in [2.45, 2.75) is 0 Å². The first-order valence-corrected chi connectivity index (χ1v) is 3.62. The number of hydrogen-bond acceptors (Lipinski definition) is 0. The Balaban J connectivity index is 0. The highest BCUT2D eigenvalue weighted by molar-refractivity contribution is 6.94. The van der Waals surface area contributed by atoms with Gasteiger partial charge in [0.05, 0.1) is 0 Å². The van der Waals surface area contributed by atoms with Gasteiger partial charge in [-0.2, -0.15) is 0 Å². The van der Waals surface area contributed by atoms with Gasteiger partial charge in [-0.25, -0.2) is 4.58 Å². The Bertz CT molecular complexity index is 147. The van der Waals surface area contributed by atoms with Gasteiger partial charge in [-0.3, -0.25) is 0 Å². The molecule has 0 amide bonds. The van der Waals surface area contributed by atoms with E-state index in [0.29, 0.717) is 13.1 Å². The van der Waals surface area contributed by atoms with Crippen LogP contribution in [0.4, 0.5) is 0 Å². The summed E-state index contributed by atoms with van der Waals surface area (Å²) in [6.45, 7) is 8.41. The highest BCUT2D eigenvalue weighted by Gasteiger charge is 2.03. The van der Waals surface area contributed by atoms with Crippen molar-refractivity contribution in [1.29, 1.82) is 0 Å². The number of hydrogen-bond donors (Lipinski definition) is 0. The molecule has 0 spiro atoms. The molecule has 0 aromatic carbocycles. The predicted octanol–water partition coefficient (Wildman–Crippen LogP) is -0.792. The lowest BCUT2D eigenvalue weighted by atomic mass is 10.5. The Morgan fingerprint density at radius 1 is 1.18 bits per heavy atom. The molecule has 11 heavy (non-hydrogen) atoms. The van der Waals surface area contributed by atoms with E-state index in [1.807, 2.05) is 0 Å². The summed E-state index contributed by atoms with van der Waals surface area (Å²) >= 11 is 11.0. The minimum Gasteiger partial charge on any atom is -1.00 e. The summed E-state index contributed by atoms with van der Waals surface area (Å²) in [6.07, 6.45) is 3.46. The Hall–Kier alpha value is 0.0200. The summed E-state index contributed by atoms with van der Waals surface area (Å²) in [4.78, 5) is 0. The molecule has 0 rings (SSSR count). The van der Waals surface area contributed by atoms with Crippen LogP contribution in [0.2, 0.25) is 0 Å². The van der Waals surface area contributed by atoms with Crippen LogP contribution in [0.25, 0.3) is 0 Å². The maximum Gasteiger partial charge on any atom is 0.341 e. The molecule has 0 heterocycles. The van der Waals surface area contributed by atoms with Crippen molar-refractivity contribution in [1.82, 2.24) is 0 Å². The molecule has 0 aromatic heterocycles. The first-order chi connectivity index (χ1) is 4.72. The second-order valence-electron chi connectivity index (χ2n) is 1.72. The maximum atomic E-state index is 5.51. The van der Waals surface area contributed by atoms with Crippen molar-refractivity contribution in [2.75, 3.05) is 13.1 Å². The molecule has 0 saturated heterocycles. The van der Waals surface area contributed by atoms with Crippen LogP contribution in [0.1, 0.15) is 0 Å². The molecule has 0 radical (unpaired) electrons. The summed E-state index contributed by atoms with van der Waals surface area (Å²) in [6, 6.07) is 0. The van der Waals surface area contributed by atoms with Crippen molar-refractivity contribution < 1.29 is 17.0 Å². The van der Waals surface area contributed by atoms with Crippen molar-refractivity contribution in [2.24, 2.45) is 0 Å². The molecule has 64 valence electrons. The third kappa shape index (κ3) is 6.42. The van der Waals surface area contributed by atoms with E-state index in [9.17, 15) is 0 Å². The van der Waals surface area contributed by atoms with E-state index in [0.717, 1.165) is 0 Å². The van der Waals surface area contributed by atoms with Crippen LogP contribution >= 0.6 is 23.2 Å². The fourth-order valence-corrected chi connectivity index (χ4v) is 0.800. The number of nitrogens with zero attached hydrogens (tertiary/aromatic N) is 1. The molecule has 0 unspecified atom stereocenters. The van der Waals surface area contributed by atoms with Gasteiger partial charge in [0, 0.05) is 23.2 Å². The Labute approximate surface area is 83.4 Å². The van der Waals surface area contributed by atoms with E-state index in [4.69, 9.17) is 23.2 Å². The fourth-order valence-electron chi connectivity index (χ4n) is 0.524. The highest BCUT2D eigenvalue weighted by atomic mass is 35.5. The molecule has 0 aliphatic heterocycles. The molecule has 4 heteroatoms. The molecular weight excluding hydrogens is 204 g/mol. The monoisotopic (exact) mass is 213 g/mol. The molecule has 0 aliphatic carbocycles. The minimum absolute atomic E-state index is 0. The van der Waals surface area contributed by atoms with Gasteiger partial charge in [0.15, 0.2) is 13.1 Å². The largest absolute Gasteiger partial charge is 1.00 e. The van der Waals surface area contributed by atoms with Gasteiger partial charge in [0.2, 0.25) is 0 Å². The van der Waals surface area contributed by atoms with Gasteiger partial charge >= 0.3 is 4.63 Å². The average molecular weight is 215 g/mol. The Morgan fingerprint density at radius 3 is 1.73 bits per heavy atom. The van der Waals surface area contributed by atoms with Crippen LogP contribution in [0.5, 0.6) is 0 Å². The zero-order valence-corrected chi connectivity index (χ0v) is 8.33. The highest BCUT2D eigenvalue weighted by Crippen LogP contribution is 1.92. The Morgan fingerprint density at radius 2 is 1.55 bits per heavy atom. The summed E-state index contributed by atoms with van der Waals surface area (Å²) < 4.78 is 1.99. The topological polar surface area (TPSA) is 3.01 Å². The van der Waals surface area contributed by atoms with Crippen LogP contribution in [0, 0.1) is 0 Å². The lowest BCUT2D eigenvalue weighted by Gasteiger charge is -1.94. The second kappa shape index (κ2) is 8.12. The van der Waals surface area contributed by atoms with Gasteiger partial charge in [0.25, 0.3) is 0 Å². The first kappa shape index (κ1) is 13.6. The van der Waals surface area contributed by atoms with E-state index < -0.39 is 0 Å². The molecule has 0 saturated carbocycles. The smallest absolute Gasteiger partial charge is 0.341 e. The summed E-state index contributed by atoms with van der Waals surface area (Å²) in [5.74, 6) is 0. The van der Waals surface area contributed by atoms with Gasteiger partial charge in [-0.1, -0.05) is 13.2 Å². The predicted molar refractivity (Wildman–Crippen MR) is 47.1 cm³/mol. The SMILES string of the molecule is C=CC[N+](CC=C)=C(Cl)Cl.[Cl-]. The van der Waals surface area contributed by atoms with Crippen molar-refractivity contribution in [3.05, 3.63) is 25.3 Å². The number of rotatable bonds is 4. The lowest BCUT2D eigenvalue weighted by molar-refractivity contribution is -0.502. The third-order valence-electron chi connectivity index (χ3n) is 0.938. The lowest BCUT2D eigenvalue weighted by Crippen LogP contribution is -3.00. The molecule has 1 nitrogen and oxygen atoms in total. The third-order valence-corrected chi connectivity index (χ3v) is 1.42.